The molecule has 4 aromatic carbocycles. The molecule has 0 saturated heterocycles. The second-order valence-electron chi connectivity index (χ2n) is 7.21. The summed E-state index contributed by atoms with van der Waals surface area (Å²) in [6, 6.07) is 32.8. The molecule has 0 aliphatic carbocycles. The number of aryl methyl sites for hydroxylation is 3. The number of rotatable bonds is 3. The number of hydrogen-bond acceptors (Lipinski definition) is 0. The minimum absolute atomic E-state index is 1.27. The van der Waals surface area contributed by atoms with Crippen LogP contribution in [-0.2, 0) is 0 Å². The quantitative estimate of drug-likeness (QED) is 0.357. The summed E-state index contributed by atoms with van der Waals surface area (Å²) in [5, 5.41) is 0. The van der Waals surface area contributed by atoms with Gasteiger partial charge >= 0.3 is 0 Å². The van der Waals surface area contributed by atoms with Gasteiger partial charge in [0.25, 0.3) is 0 Å². The van der Waals surface area contributed by atoms with Crippen LogP contribution in [0.1, 0.15) is 16.7 Å². The van der Waals surface area contributed by atoms with Crippen LogP contribution in [0.2, 0.25) is 0 Å². The second-order valence-corrected chi connectivity index (χ2v) is 7.21. The third-order valence-corrected chi connectivity index (χ3v) is 5.35. The maximum absolute atomic E-state index is 2.35. The van der Waals surface area contributed by atoms with Crippen molar-refractivity contribution in [3.05, 3.63) is 108 Å². The Morgan fingerprint density at radius 2 is 0.815 bits per heavy atom. The van der Waals surface area contributed by atoms with E-state index >= 15 is 0 Å². The average Bonchev–Trinajstić information content (AvgIpc) is 2.69. The molecule has 0 heterocycles. The van der Waals surface area contributed by atoms with Crippen molar-refractivity contribution < 1.29 is 0 Å². The van der Waals surface area contributed by atoms with Gasteiger partial charge < -0.3 is 0 Å². The van der Waals surface area contributed by atoms with Crippen molar-refractivity contribution in [1.29, 1.82) is 0 Å². The van der Waals surface area contributed by atoms with Crippen molar-refractivity contribution in [3.8, 4) is 33.4 Å². The van der Waals surface area contributed by atoms with Crippen molar-refractivity contribution in [2.75, 3.05) is 0 Å². The van der Waals surface area contributed by atoms with Crippen LogP contribution >= 0.6 is 0 Å². The predicted octanol–water partition coefficient (Wildman–Crippen LogP) is 7.61. The lowest BCUT2D eigenvalue weighted by atomic mass is 9.87. The van der Waals surface area contributed by atoms with E-state index in [0.717, 1.165) is 0 Å². The smallest absolute Gasteiger partial charge is 0.00965 e. The molecule has 4 rings (SSSR count). The standard InChI is InChI=1S/C27H24/c1-19-10-4-7-13-23(19)22-16-17-26(24-14-8-5-11-20(24)2)27(18-22)25-15-9-6-12-21(25)3/h4-18H,1-3H3. The molecule has 0 saturated carbocycles. The Morgan fingerprint density at radius 1 is 0.370 bits per heavy atom. The van der Waals surface area contributed by atoms with Gasteiger partial charge in [-0.25, -0.2) is 0 Å². The Bertz CT molecular complexity index is 1100. The first kappa shape index (κ1) is 17.3. The van der Waals surface area contributed by atoms with E-state index in [9.17, 15) is 0 Å². The lowest BCUT2D eigenvalue weighted by molar-refractivity contribution is 1.42. The van der Waals surface area contributed by atoms with E-state index in [1.165, 1.54) is 50.1 Å². The van der Waals surface area contributed by atoms with Gasteiger partial charge in [-0.1, -0.05) is 84.9 Å². The first-order valence-electron chi connectivity index (χ1n) is 9.47. The lowest BCUT2D eigenvalue weighted by Crippen LogP contribution is -1.92. The first-order chi connectivity index (χ1) is 13.1. The van der Waals surface area contributed by atoms with Crippen molar-refractivity contribution in [3.63, 3.8) is 0 Å². The highest BCUT2D eigenvalue weighted by Gasteiger charge is 2.13. The minimum atomic E-state index is 1.27. The molecular formula is C27H24. The van der Waals surface area contributed by atoms with Crippen LogP contribution in [0.3, 0.4) is 0 Å². The number of benzene rings is 4. The summed E-state index contributed by atoms with van der Waals surface area (Å²) in [6.07, 6.45) is 0. The van der Waals surface area contributed by atoms with E-state index in [1.54, 1.807) is 0 Å². The normalized spacial score (nSPS) is 10.8. The molecule has 0 unspecified atom stereocenters. The fourth-order valence-corrected chi connectivity index (χ4v) is 3.82. The highest BCUT2D eigenvalue weighted by Crippen LogP contribution is 2.38. The highest BCUT2D eigenvalue weighted by molar-refractivity contribution is 5.89. The summed E-state index contributed by atoms with van der Waals surface area (Å²) in [5.41, 5.74) is 11.6. The van der Waals surface area contributed by atoms with Gasteiger partial charge in [0.15, 0.2) is 0 Å². The lowest BCUT2D eigenvalue weighted by Gasteiger charge is -2.17. The molecule has 0 fully saturated rings. The summed E-state index contributed by atoms with van der Waals surface area (Å²) in [6.45, 7) is 6.56. The summed E-state index contributed by atoms with van der Waals surface area (Å²) < 4.78 is 0. The molecule has 4 aromatic rings. The molecule has 27 heavy (non-hydrogen) atoms. The molecule has 0 bridgehead atoms. The monoisotopic (exact) mass is 348 g/mol. The Hall–Kier alpha value is -3.12. The Morgan fingerprint density at radius 3 is 1.33 bits per heavy atom. The van der Waals surface area contributed by atoms with Crippen LogP contribution < -0.4 is 0 Å². The van der Waals surface area contributed by atoms with Gasteiger partial charge in [-0.15, -0.1) is 0 Å². The SMILES string of the molecule is Cc1ccccc1-c1ccc(-c2ccccc2C)c(-c2ccccc2C)c1. The van der Waals surface area contributed by atoms with E-state index in [0.29, 0.717) is 0 Å². The van der Waals surface area contributed by atoms with Gasteiger partial charge in [0.1, 0.15) is 0 Å². The fraction of sp³-hybridized carbons (Fsp3) is 0.111. The zero-order valence-corrected chi connectivity index (χ0v) is 16.2. The summed E-state index contributed by atoms with van der Waals surface area (Å²) >= 11 is 0. The van der Waals surface area contributed by atoms with Crippen LogP contribution in [0.15, 0.2) is 91.0 Å². The van der Waals surface area contributed by atoms with Crippen LogP contribution in [0.5, 0.6) is 0 Å². The van der Waals surface area contributed by atoms with E-state index in [2.05, 4.69) is 112 Å². The zero-order valence-electron chi connectivity index (χ0n) is 16.2. The number of hydrogen-bond donors (Lipinski definition) is 0. The molecule has 0 aliphatic heterocycles. The molecule has 0 N–H and O–H groups in total. The molecular weight excluding hydrogens is 324 g/mol. The first-order valence-corrected chi connectivity index (χ1v) is 9.47. The maximum atomic E-state index is 2.35. The molecule has 0 nitrogen and oxygen atoms in total. The maximum Gasteiger partial charge on any atom is -0.00965 e. The molecule has 132 valence electrons. The highest BCUT2D eigenvalue weighted by atomic mass is 14.2. The average molecular weight is 348 g/mol. The summed E-state index contributed by atoms with van der Waals surface area (Å²) in [5.74, 6) is 0. The Balaban J connectivity index is 2.00. The second kappa shape index (κ2) is 7.25. The molecule has 0 aliphatic rings. The Kier molecular flexibility index (Phi) is 4.64. The van der Waals surface area contributed by atoms with Crippen molar-refractivity contribution in [2.45, 2.75) is 20.8 Å². The van der Waals surface area contributed by atoms with Gasteiger partial charge in [-0.2, -0.15) is 0 Å². The molecule has 0 heteroatoms. The van der Waals surface area contributed by atoms with E-state index < -0.39 is 0 Å². The fourth-order valence-electron chi connectivity index (χ4n) is 3.82. The molecule has 0 atom stereocenters. The van der Waals surface area contributed by atoms with Gasteiger partial charge in [-0.3, -0.25) is 0 Å². The summed E-state index contributed by atoms with van der Waals surface area (Å²) in [7, 11) is 0. The topological polar surface area (TPSA) is 0 Å². The molecule has 0 aromatic heterocycles. The third kappa shape index (κ3) is 3.31. The minimum Gasteiger partial charge on any atom is -0.0620 e. The predicted molar refractivity (Wildman–Crippen MR) is 117 cm³/mol. The van der Waals surface area contributed by atoms with E-state index in [1.807, 2.05) is 0 Å². The van der Waals surface area contributed by atoms with Crippen LogP contribution in [0, 0.1) is 20.8 Å². The third-order valence-electron chi connectivity index (χ3n) is 5.35. The Labute approximate surface area is 162 Å². The zero-order chi connectivity index (χ0) is 18.8. The van der Waals surface area contributed by atoms with Crippen molar-refractivity contribution in [2.24, 2.45) is 0 Å². The van der Waals surface area contributed by atoms with Gasteiger partial charge in [-0.05, 0) is 76.9 Å². The van der Waals surface area contributed by atoms with E-state index in [-0.39, 0.29) is 0 Å². The van der Waals surface area contributed by atoms with Crippen molar-refractivity contribution >= 4 is 0 Å². The van der Waals surface area contributed by atoms with E-state index in [4.69, 9.17) is 0 Å². The van der Waals surface area contributed by atoms with Gasteiger partial charge in [0, 0.05) is 0 Å². The van der Waals surface area contributed by atoms with Crippen molar-refractivity contribution in [1.82, 2.24) is 0 Å². The largest absolute Gasteiger partial charge is 0.0620 e. The van der Waals surface area contributed by atoms with Crippen LogP contribution in [0.25, 0.3) is 33.4 Å². The molecule has 0 amide bonds. The van der Waals surface area contributed by atoms with Gasteiger partial charge in [0.05, 0.1) is 0 Å². The molecule has 0 radical (unpaired) electrons. The van der Waals surface area contributed by atoms with Crippen LogP contribution in [0.4, 0.5) is 0 Å². The summed E-state index contributed by atoms with van der Waals surface area (Å²) in [4.78, 5) is 0. The van der Waals surface area contributed by atoms with Gasteiger partial charge in [0.2, 0.25) is 0 Å². The molecule has 0 spiro atoms. The van der Waals surface area contributed by atoms with Crippen LogP contribution in [-0.4, -0.2) is 0 Å².